The van der Waals surface area contributed by atoms with Crippen LogP contribution in [0, 0.1) is 5.82 Å². The van der Waals surface area contributed by atoms with Gasteiger partial charge in [0.05, 0.1) is 16.8 Å². The summed E-state index contributed by atoms with van der Waals surface area (Å²) in [6.45, 7) is 2.94. The Morgan fingerprint density at radius 2 is 1.89 bits per heavy atom. The van der Waals surface area contributed by atoms with Gasteiger partial charge in [-0.15, -0.1) is 0 Å². The number of fused-ring (bicyclic) bond motifs is 1. The molecule has 0 spiro atoms. The third-order valence-corrected chi connectivity index (χ3v) is 5.96. The van der Waals surface area contributed by atoms with Gasteiger partial charge in [0.1, 0.15) is 17.3 Å². The second kappa shape index (κ2) is 9.10. The number of nitrogens with one attached hydrogen (secondary N) is 1. The van der Waals surface area contributed by atoms with Gasteiger partial charge in [0.15, 0.2) is 0 Å². The molecule has 0 saturated carbocycles. The van der Waals surface area contributed by atoms with Crippen LogP contribution in [0.2, 0.25) is 0 Å². The number of nitrogens with zero attached hydrogens (tertiary/aromatic N) is 4. The van der Waals surface area contributed by atoms with Gasteiger partial charge in [-0.2, -0.15) is 13.2 Å². The van der Waals surface area contributed by atoms with Crippen LogP contribution in [-0.4, -0.2) is 38.3 Å². The summed E-state index contributed by atoms with van der Waals surface area (Å²) in [6.07, 6.45) is 2.29. The molecule has 6 nitrogen and oxygen atoms in total. The van der Waals surface area contributed by atoms with Crippen molar-refractivity contribution in [3.05, 3.63) is 83.6 Å². The first-order chi connectivity index (χ1) is 16.8. The van der Waals surface area contributed by atoms with Gasteiger partial charge in [0.2, 0.25) is 0 Å². The van der Waals surface area contributed by atoms with E-state index in [1.165, 1.54) is 29.5 Å². The van der Waals surface area contributed by atoms with Crippen molar-refractivity contribution in [1.82, 2.24) is 19.3 Å². The molecule has 1 aliphatic rings. The maximum absolute atomic E-state index is 13.5. The van der Waals surface area contributed by atoms with E-state index in [-0.39, 0.29) is 22.5 Å². The summed E-state index contributed by atoms with van der Waals surface area (Å²) in [7, 11) is 0. The van der Waals surface area contributed by atoms with Crippen molar-refractivity contribution < 1.29 is 22.4 Å². The summed E-state index contributed by atoms with van der Waals surface area (Å²) in [5, 5.41) is 2.72. The number of rotatable bonds is 5. The number of carbonyl (C=O) groups excluding carboxylic acids is 1. The van der Waals surface area contributed by atoms with Crippen LogP contribution in [0.3, 0.4) is 0 Å². The normalized spacial score (nSPS) is 14.5. The molecule has 4 aromatic rings. The minimum absolute atomic E-state index is 0.0260. The highest BCUT2D eigenvalue weighted by molar-refractivity contribution is 6.08. The zero-order valence-electron chi connectivity index (χ0n) is 18.5. The van der Waals surface area contributed by atoms with Crippen molar-refractivity contribution in [2.24, 2.45) is 0 Å². The molecule has 5 rings (SSSR count). The predicted molar refractivity (Wildman–Crippen MR) is 122 cm³/mol. The van der Waals surface area contributed by atoms with E-state index in [4.69, 9.17) is 0 Å². The lowest BCUT2D eigenvalue weighted by atomic mass is 10.0. The number of amides is 1. The SMILES string of the molecule is O=C(Nc1ccc(CN2CCCC2)cn1)c1cccn2cc(-c3ccc(F)cc3C(F)(F)F)nc12. The number of aromatic nitrogens is 3. The third kappa shape index (κ3) is 4.88. The number of likely N-dealkylation sites (tertiary alicyclic amines) is 1. The Balaban J connectivity index is 1.40. The van der Waals surface area contributed by atoms with E-state index in [0.717, 1.165) is 37.3 Å². The Hall–Kier alpha value is -3.79. The van der Waals surface area contributed by atoms with Gasteiger partial charge in [-0.25, -0.2) is 14.4 Å². The van der Waals surface area contributed by atoms with E-state index in [2.05, 4.69) is 20.2 Å². The van der Waals surface area contributed by atoms with E-state index in [9.17, 15) is 22.4 Å². The zero-order valence-corrected chi connectivity index (χ0v) is 18.5. The molecule has 0 radical (unpaired) electrons. The van der Waals surface area contributed by atoms with E-state index < -0.39 is 23.5 Å². The fourth-order valence-corrected chi connectivity index (χ4v) is 4.27. The molecule has 3 aromatic heterocycles. The average molecular weight is 483 g/mol. The first-order valence-electron chi connectivity index (χ1n) is 11.1. The monoisotopic (exact) mass is 483 g/mol. The Bertz CT molecular complexity index is 1380. The van der Waals surface area contributed by atoms with Crippen molar-refractivity contribution >= 4 is 17.4 Å². The van der Waals surface area contributed by atoms with E-state index in [0.29, 0.717) is 11.9 Å². The number of imidazole rings is 1. The van der Waals surface area contributed by atoms with Crippen LogP contribution in [0.1, 0.15) is 34.3 Å². The first kappa shape index (κ1) is 23.0. The number of halogens is 4. The summed E-state index contributed by atoms with van der Waals surface area (Å²) in [6, 6.07) is 9.16. The minimum Gasteiger partial charge on any atom is -0.306 e. The standard InChI is InChI=1S/C25H21F4N5O/c26-17-6-7-18(20(12-17)25(27,28)29)21-15-34-11-3-4-19(23(34)31-21)24(35)32-22-8-5-16(13-30-22)14-33-9-1-2-10-33/h3-8,11-13,15H,1-2,9-10,14H2,(H,30,32,35). The molecule has 180 valence electrons. The second-order valence-corrected chi connectivity index (χ2v) is 8.46. The molecule has 0 atom stereocenters. The molecule has 0 aliphatic carbocycles. The van der Waals surface area contributed by atoms with Crippen LogP contribution in [0.5, 0.6) is 0 Å². The molecule has 10 heteroatoms. The molecular formula is C25H21F4N5O. The molecule has 4 heterocycles. The van der Waals surface area contributed by atoms with Crippen molar-refractivity contribution in [2.45, 2.75) is 25.6 Å². The van der Waals surface area contributed by atoms with E-state index >= 15 is 0 Å². The van der Waals surface area contributed by atoms with Crippen LogP contribution in [0.4, 0.5) is 23.4 Å². The lowest BCUT2D eigenvalue weighted by molar-refractivity contribution is -0.137. The maximum Gasteiger partial charge on any atom is 0.417 e. The fourth-order valence-electron chi connectivity index (χ4n) is 4.27. The molecule has 0 unspecified atom stereocenters. The highest BCUT2D eigenvalue weighted by atomic mass is 19.4. The van der Waals surface area contributed by atoms with Crippen LogP contribution >= 0.6 is 0 Å². The van der Waals surface area contributed by atoms with Gasteiger partial charge in [-0.05, 0) is 67.9 Å². The summed E-state index contributed by atoms with van der Waals surface area (Å²) in [5.74, 6) is -1.14. The van der Waals surface area contributed by atoms with Gasteiger partial charge in [-0.3, -0.25) is 9.69 Å². The minimum atomic E-state index is -4.76. The van der Waals surface area contributed by atoms with Crippen molar-refractivity contribution in [3.8, 4) is 11.3 Å². The molecule has 1 N–H and O–H groups in total. The van der Waals surface area contributed by atoms with Crippen LogP contribution in [0.15, 0.2) is 61.1 Å². The Morgan fingerprint density at radius 1 is 1.09 bits per heavy atom. The lowest BCUT2D eigenvalue weighted by Gasteiger charge is -2.14. The second-order valence-electron chi connectivity index (χ2n) is 8.46. The summed E-state index contributed by atoms with van der Waals surface area (Å²) in [5.41, 5.74) is -0.0542. The Morgan fingerprint density at radius 3 is 2.60 bits per heavy atom. The molecule has 1 fully saturated rings. The maximum atomic E-state index is 13.5. The zero-order chi connectivity index (χ0) is 24.6. The molecule has 1 amide bonds. The van der Waals surface area contributed by atoms with Gasteiger partial charge >= 0.3 is 6.18 Å². The molecule has 0 bridgehead atoms. The highest BCUT2D eigenvalue weighted by Gasteiger charge is 2.35. The largest absolute Gasteiger partial charge is 0.417 e. The molecule has 35 heavy (non-hydrogen) atoms. The average Bonchev–Trinajstić information content (AvgIpc) is 3.49. The Labute approximate surface area is 198 Å². The summed E-state index contributed by atoms with van der Waals surface area (Å²) >= 11 is 0. The van der Waals surface area contributed by atoms with Gasteiger partial charge in [-0.1, -0.05) is 6.07 Å². The van der Waals surface area contributed by atoms with Crippen LogP contribution in [-0.2, 0) is 12.7 Å². The number of pyridine rings is 2. The lowest BCUT2D eigenvalue weighted by Crippen LogP contribution is -2.18. The predicted octanol–water partition coefficient (Wildman–Crippen LogP) is 5.40. The Kier molecular flexibility index (Phi) is 5.98. The molecule has 1 saturated heterocycles. The van der Waals surface area contributed by atoms with Gasteiger partial charge in [0, 0.05) is 30.7 Å². The van der Waals surface area contributed by atoms with Gasteiger partial charge in [0.25, 0.3) is 5.91 Å². The molecular weight excluding hydrogens is 462 g/mol. The van der Waals surface area contributed by atoms with Crippen molar-refractivity contribution in [3.63, 3.8) is 0 Å². The summed E-state index contributed by atoms with van der Waals surface area (Å²) < 4.78 is 55.4. The van der Waals surface area contributed by atoms with Gasteiger partial charge < -0.3 is 9.72 Å². The first-order valence-corrected chi connectivity index (χ1v) is 11.1. The quantitative estimate of drug-likeness (QED) is 0.386. The van der Waals surface area contributed by atoms with Crippen molar-refractivity contribution in [2.75, 3.05) is 18.4 Å². The van der Waals surface area contributed by atoms with Crippen LogP contribution < -0.4 is 5.32 Å². The number of hydrogen-bond acceptors (Lipinski definition) is 4. The summed E-state index contributed by atoms with van der Waals surface area (Å²) in [4.78, 5) is 23.9. The number of anilines is 1. The number of carbonyl (C=O) groups is 1. The third-order valence-electron chi connectivity index (χ3n) is 5.96. The molecule has 1 aliphatic heterocycles. The van der Waals surface area contributed by atoms with E-state index in [1.807, 2.05) is 6.07 Å². The van der Waals surface area contributed by atoms with Crippen molar-refractivity contribution in [1.29, 1.82) is 0 Å². The molecule has 1 aromatic carbocycles. The van der Waals surface area contributed by atoms with Crippen LogP contribution in [0.25, 0.3) is 16.9 Å². The topological polar surface area (TPSA) is 62.5 Å². The smallest absolute Gasteiger partial charge is 0.306 e. The number of benzene rings is 1. The number of alkyl halides is 3. The fraction of sp³-hybridized carbons (Fsp3) is 0.240. The number of hydrogen-bond donors (Lipinski definition) is 1. The highest BCUT2D eigenvalue weighted by Crippen LogP contribution is 2.37. The van der Waals surface area contributed by atoms with E-state index in [1.54, 1.807) is 24.5 Å².